The van der Waals surface area contributed by atoms with Gasteiger partial charge in [-0.3, -0.25) is 9.78 Å². The maximum absolute atomic E-state index is 12.2. The van der Waals surface area contributed by atoms with Gasteiger partial charge in [-0.05, 0) is 87.1 Å². The summed E-state index contributed by atoms with van der Waals surface area (Å²) in [7, 11) is 5.87. The Hall–Kier alpha value is -2.13. The van der Waals surface area contributed by atoms with Crippen LogP contribution in [0.3, 0.4) is 0 Å². The number of hydrogen-bond acceptors (Lipinski definition) is 7. The SMILES string of the molecule is COc1ccc2nccc([C@@H](CC[C@@H]3CCN(CCSc4cccs4)C[C@@H]3C(=O)O)N(C)C)c2c1. The second-order valence-electron chi connectivity index (χ2n) is 9.41. The molecule has 3 heterocycles. The van der Waals surface area contributed by atoms with Crippen molar-refractivity contribution in [3.63, 3.8) is 0 Å². The van der Waals surface area contributed by atoms with Crippen LogP contribution in [0, 0.1) is 11.8 Å². The van der Waals surface area contributed by atoms with Crippen LogP contribution in [0.5, 0.6) is 5.75 Å². The molecular formula is C27H35N3O3S2. The number of fused-ring (bicyclic) bond motifs is 1. The number of pyridine rings is 1. The molecule has 1 fully saturated rings. The summed E-state index contributed by atoms with van der Waals surface area (Å²) in [5.74, 6) is 1.04. The first-order valence-electron chi connectivity index (χ1n) is 12.2. The number of benzene rings is 1. The third kappa shape index (κ3) is 6.55. The number of hydrogen-bond donors (Lipinski definition) is 1. The molecule has 188 valence electrons. The monoisotopic (exact) mass is 513 g/mol. The van der Waals surface area contributed by atoms with Gasteiger partial charge in [0, 0.05) is 36.5 Å². The quantitative estimate of drug-likeness (QED) is 0.340. The van der Waals surface area contributed by atoms with Gasteiger partial charge in [0.1, 0.15) is 5.75 Å². The molecule has 6 nitrogen and oxygen atoms in total. The summed E-state index contributed by atoms with van der Waals surface area (Å²) in [5, 5.41) is 13.2. The normalized spacial score (nSPS) is 19.8. The number of ether oxygens (including phenoxy) is 1. The molecule has 0 saturated carbocycles. The molecule has 0 aliphatic carbocycles. The lowest BCUT2D eigenvalue weighted by atomic mass is 9.80. The van der Waals surface area contributed by atoms with E-state index in [9.17, 15) is 9.90 Å². The van der Waals surface area contributed by atoms with Crippen LogP contribution in [0.2, 0.25) is 0 Å². The fourth-order valence-electron chi connectivity index (χ4n) is 5.15. The molecule has 1 N–H and O–H groups in total. The van der Waals surface area contributed by atoms with Gasteiger partial charge < -0.3 is 19.6 Å². The van der Waals surface area contributed by atoms with Crippen LogP contribution in [0.1, 0.15) is 30.9 Å². The number of piperidine rings is 1. The summed E-state index contributed by atoms with van der Waals surface area (Å²) < 4.78 is 6.78. The number of carbonyl (C=O) groups is 1. The zero-order valence-electron chi connectivity index (χ0n) is 20.7. The van der Waals surface area contributed by atoms with Gasteiger partial charge >= 0.3 is 5.97 Å². The smallest absolute Gasteiger partial charge is 0.308 e. The first-order chi connectivity index (χ1) is 17.0. The Morgan fingerprint density at radius 1 is 1.34 bits per heavy atom. The van der Waals surface area contributed by atoms with Gasteiger partial charge in [-0.2, -0.15) is 0 Å². The van der Waals surface area contributed by atoms with E-state index in [0.29, 0.717) is 6.54 Å². The first-order valence-corrected chi connectivity index (χ1v) is 14.0. The molecule has 4 rings (SSSR count). The summed E-state index contributed by atoms with van der Waals surface area (Å²) in [6, 6.07) is 12.5. The number of aromatic nitrogens is 1. The predicted octanol–water partition coefficient (Wildman–Crippen LogP) is 5.50. The Bertz CT molecular complexity index is 1110. The van der Waals surface area contributed by atoms with E-state index in [0.717, 1.165) is 54.8 Å². The zero-order valence-corrected chi connectivity index (χ0v) is 22.4. The van der Waals surface area contributed by atoms with Crippen molar-refractivity contribution in [2.45, 2.75) is 29.5 Å². The molecule has 1 aliphatic heterocycles. The maximum Gasteiger partial charge on any atom is 0.308 e. The third-order valence-electron chi connectivity index (χ3n) is 7.08. The molecule has 1 aliphatic rings. The van der Waals surface area contributed by atoms with Gasteiger partial charge in [0.2, 0.25) is 0 Å². The highest BCUT2D eigenvalue weighted by molar-refractivity contribution is 8.01. The van der Waals surface area contributed by atoms with E-state index < -0.39 is 5.97 Å². The minimum Gasteiger partial charge on any atom is -0.497 e. The van der Waals surface area contributed by atoms with Gasteiger partial charge in [-0.25, -0.2) is 0 Å². The summed E-state index contributed by atoms with van der Waals surface area (Å²) >= 11 is 3.62. The van der Waals surface area contributed by atoms with Gasteiger partial charge in [0.15, 0.2) is 0 Å². The Balaban J connectivity index is 1.41. The molecule has 3 aromatic rings. The Labute approximate surface area is 216 Å². The van der Waals surface area contributed by atoms with E-state index in [4.69, 9.17) is 4.74 Å². The third-order valence-corrected chi connectivity index (χ3v) is 9.19. The number of nitrogens with zero attached hydrogens (tertiary/aromatic N) is 3. The number of carboxylic acid groups (broad SMARTS) is 1. The van der Waals surface area contributed by atoms with Crippen molar-refractivity contribution in [2.24, 2.45) is 11.8 Å². The molecule has 1 saturated heterocycles. The Kier molecular flexibility index (Phi) is 9.05. The van der Waals surface area contributed by atoms with Crippen LogP contribution < -0.4 is 4.74 Å². The molecule has 0 bridgehead atoms. The van der Waals surface area contributed by atoms with Gasteiger partial charge in [-0.1, -0.05) is 6.07 Å². The molecular weight excluding hydrogens is 478 g/mol. The highest BCUT2D eigenvalue weighted by atomic mass is 32.2. The number of thioether (sulfide) groups is 1. The molecule has 0 unspecified atom stereocenters. The van der Waals surface area contributed by atoms with E-state index in [1.807, 2.05) is 30.1 Å². The van der Waals surface area contributed by atoms with Crippen molar-refractivity contribution in [3.8, 4) is 5.75 Å². The lowest BCUT2D eigenvalue weighted by molar-refractivity contribution is -0.146. The fraction of sp³-hybridized carbons (Fsp3) is 0.481. The van der Waals surface area contributed by atoms with Crippen LogP contribution in [0.15, 0.2) is 52.2 Å². The lowest BCUT2D eigenvalue weighted by Crippen LogP contribution is -2.44. The molecule has 35 heavy (non-hydrogen) atoms. The molecule has 8 heteroatoms. The van der Waals surface area contributed by atoms with E-state index >= 15 is 0 Å². The molecule has 2 aromatic heterocycles. The maximum atomic E-state index is 12.2. The number of methoxy groups -OCH3 is 1. The molecule has 0 radical (unpaired) electrons. The molecule has 3 atom stereocenters. The van der Waals surface area contributed by atoms with Crippen LogP contribution >= 0.6 is 23.1 Å². The average Bonchev–Trinajstić information content (AvgIpc) is 3.37. The average molecular weight is 514 g/mol. The number of rotatable bonds is 11. The molecule has 1 aromatic carbocycles. The second kappa shape index (κ2) is 12.2. The van der Waals surface area contributed by atoms with E-state index in [1.165, 1.54) is 9.77 Å². The topological polar surface area (TPSA) is 65.9 Å². The highest BCUT2D eigenvalue weighted by Gasteiger charge is 2.34. The largest absolute Gasteiger partial charge is 0.497 e. The van der Waals surface area contributed by atoms with Crippen LogP contribution in [-0.2, 0) is 4.79 Å². The fourth-order valence-corrected chi connectivity index (χ4v) is 7.01. The molecule has 0 amide bonds. The van der Waals surface area contributed by atoms with Crippen molar-refractivity contribution in [1.29, 1.82) is 0 Å². The minimum absolute atomic E-state index is 0.183. The van der Waals surface area contributed by atoms with E-state index in [-0.39, 0.29) is 17.9 Å². The second-order valence-corrected chi connectivity index (χ2v) is 11.8. The number of likely N-dealkylation sites (tertiary alicyclic amines) is 1. The first kappa shape index (κ1) is 25.9. The minimum atomic E-state index is -0.661. The lowest BCUT2D eigenvalue weighted by Gasteiger charge is -2.37. The van der Waals surface area contributed by atoms with Gasteiger partial charge in [-0.15, -0.1) is 23.1 Å². The van der Waals surface area contributed by atoms with Gasteiger partial charge in [0.25, 0.3) is 0 Å². The van der Waals surface area contributed by atoms with Crippen LogP contribution in [0.25, 0.3) is 10.9 Å². The van der Waals surface area contributed by atoms with Gasteiger partial charge in [0.05, 0.1) is 22.8 Å². The van der Waals surface area contributed by atoms with Crippen molar-refractivity contribution < 1.29 is 14.6 Å². The summed E-state index contributed by atoms with van der Waals surface area (Å²) in [5.41, 5.74) is 2.17. The van der Waals surface area contributed by atoms with Crippen molar-refractivity contribution in [2.75, 3.05) is 46.6 Å². The number of aliphatic carboxylic acids is 1. The number of thiophene rings is 1. The Morgan fingerprint density at radius 2 is 2.20 bits per heavy atom. The molecule has 0 spiro atoms. The summed E-state index contributed by atoms with van der Waals surface area (Å²) in [4.78, 5) is 21.3. The predicted molar refractivity (Wildman–Crippen MR) is 145 cm³/mol. The van der Waals surface area contributed by atoms with Crippen LogP contribution in [-0.4, -0.2) is 72.5 Å². The van der Waals surface area contributed by atoms with Crippen LogP contribution in [0.4, 0.5) is 0 Å². The Morgan fingerprint density at radius 3 is 2.91 bits per heavy atom. The number of carboxylic acids is 1. The van der Waals surface area contributed by atoms with Crippen molar-refractivity contribution >= 4 is 40.0 Å². The van der Waals surface area contributed by atoms with E-state index in [1.54, 1.807) is 18.4 Å². The van der Waals surface area contributed by atoms with Crippen molar-refractivity contribution in [3.05, 3.63) is 53.5 Å². The van der Waals surface area contributed by atoms with E-state index in [2.05, 4.69) is 58.5 Å². The summed E-state index contributed by atoms with van der Waals surface area (Å²) in [6.07, 6.45) is 4.61. The van der Waals surface area contributed by atoms with Crippen molar-refractivity contribution in [1.82, 2.24) is 14.8 Å². The standard InChI is InChI=1S/C27H35N3O3S2/c1-29(2)25(21-10-12-28-24-8-7-20(33-3)17-22(21)24)9-6-19-11-13-30(18-23(19)27(31)32)14-16-35-26-5-4-15-34-26/h4-5,7-8,10,12,15,17,19,23,25H,6,9,11,13-14,16,18H2,1-3H3,(H,31,32)/t19-,23+,25-/m1/s1. The highest BCUT2D eigenvalue weighted by Crippen LogP contribution is 2.36. The summed E-state index contributed by atoms with van der Waals surface area (Å²) in [6.45, 7) is 2.55. The zero-order chi connectivity index (χ0) is 24.8.